The molecule has 106 valence electrons. The van der Waals surface area contributed by atoms with Gasteiger partial charge in [-0.25, -0.2) is 0 Å². The van der Waals surface area contributed by atoms with E-state index in [-0.39, 0.29) is 5.60 Å². The van der Waals surface area contributed by atoms with Crippen molar-refractivity contribution in [2.24, 2.45) is 5.73 Å². The second-order valence-corrected chi connectivity index (χ2v) is 5.92. The molecule has 0 aromatic heterocycles. The first-order chi connectivity index (χ1) is 9.50. The molecule has 2 nitrogen and oxygen atoms in total. The van der Waals surface area contributed by atoms with Gasteiger partial charge in [0, 0.05) is 23.6 Å². The Kier molecular flexibility index (Phi) is 4.69. The summed E-state index contributed by atoms with van der Waals surface area (Å²) in [5.41, 5.74) is 7.65. The number of hydrogen-bond donors (Lipinski definition) is 1. The van der Waals surface area contributed by atoms with E-state index < -0.39 is 0 Å². The second kappa shape index (κ2) is 6.29. The van der Waals surface area contributed by atoms with Crippen LogP contribution >= 0.6 is 11.6 Å². The first-order valence-electron chi connectivity index (χ1n) is 6.71. The quantitative estimate of drug-likeness (QED) is 0.901. The van der Waals surface area contributed by atoms with Gasteiger partial charge in [0.2, 0.25) is 0 Å². The molecule has 0 aliphatic heterocycles. The number of hydrogen-bond acceptors (Lipinski definition) is 2. The fraction of sp³-hybridized carbons (Fsp3) is 0.294. The van der Waals surface area contributed by atoms with Gasteiger partial charge in [0.15, 0.2) is 0 Å². The second-order valence-electron chi connectivity index (χ2n) is 5.48. The van der Waals surface area contributed by atoms with Gasteiger partial charge < -0.3 is 10.5 Å². The Morgan fingerprint density at radius 1 is 1.10 bits per heavy atom. The molecule has 2 N–H and O–H groups in total. The molecule has 0 aliphatic rings. The molecule has 2 rings (SSSR count). The highest BCUT2D eigenvalue weighted by atomic mass is 35.5. The van der Waals surface area contributed by atoms with Gasteiger partial charge in [-0.15, -0.1) is 0 Å². The van der Waals surface area contributed by atoms with Gasteiger partial charge in [-0.05, 0) is 37.6 Å². The van der Waals surface area contributed by atoms with Crippen LogP contribution in [0.15, 0.2) is 48.5 Å². The van der Waals surface area contributed by atoms with Crippen molar-refractivity contribution in [2.75, 3.05) is 6.54 Å². The van der Waals surface area contributed by atoms with Crippen molar-refractivity contribution in [2.45, 2.75) is 25.9 Å². The van der Waals surface area contributed by atoms with Crippen LogP contribution in [0.4, 0.5) is 0 Å². The van der Waals surface area contributed by atoms with Crippen molar-refractivity contribution in [3.8, 4) is 5.75 Å². The molecule has 2 aromatic carbocycles. The molecule has 0 fully saturated rings. The van der Waals surface area contributed by atoms with E-state index in [9.17, 15) is 0 Å². The minimum atomic E-state index is -0.390. The van der Waals surface area contributed by atoms with Crippen molar-refractivity contribution < 1.29 is 4.74 Å². The van der Waals surface area contributed by atoms with E-state index in [0.717, 1.165) is 17.7 Å². The van der Waals surface area contributed by atoms with E-state index in [1.165, 1.54) is 5.56 Å². The SMILES string of the molecule is CC(C)(CN)Oc1ccc(Cl)cc1Cc1ccccc1. The van der Waals surface area contributed by atoms with Crippen LogP contribution in [0.1, 0.15) is 25.0 Å². The molecule has 0 aliphatic carbocycles. The molecule has 0 bridgehead atoms. The normalized spacial score (nSPS) is 11.4. The zero-order valence-electron chi connectivity index (χ0n) is 11.9. The maximum Gasteiger partial charge on any atom is 0.123 e. The van der Waals surface area contributed by atoms with Crippen LogP contribution in [0.25, 0.3) is 0 Å². The number of benzene rings is 2. The lowest BCUT2D eigenvalue weighted by molar-refractivity contribution is 0.117. The molecular weight excluding hydrogens is 270 g/mol. The lowest BCUT2D eigenvalue weighted by Gasteiger charge is -2.26. The van der Waals surface area contributed by atoms with Crippen molar-refractivity contribution in [1.82, 2.24) is 0 Å². The van der Waals surface area contributed by atoms with Crippen LogP contribution in [0.2, 0.25) is 5.02 Å². The van der Waals surface area contributed by atoms with Gasteiger partial charge in [-0.2, -0.15) is 0 Å². The predicted octanol–water partition coefficient (Wildman–Crippen LogP) is 4.05. The van der Waals surface area contributed by atoms with Gasteiger partial charge in [0.25, 0.3) is 0 Å². The summed E-state index contributed by atoms with van der Waals surface area (Å²) in [4.78, 5) is 0. The lowest BCUT2D eigenvalue weighted by atomic mass is 10.0. The molecule has 0 spiro atoms. The van der Waals surface area contributed by atoms with Gasteiger partial charge in [0.1, 0.15) is 11.4 Å². The Morgan fingerprint density at radius 2 is 1.80 bits per heavy atom. The minimum Gasteiger partial charge on any atom is -0.486 e. The van der Waals surface area contributed by atoms with Crippen LogP contribution in [0.3, 0.4) is 0 Å². The first kappa shape index (κ1) is 14.9. The van der Waals surface area contributed by atoms with Crippen LogP contribution < -0.4 is 10.5 Å². The van der Waals surface area contributed by atoms with E-state index in [1.807, 2.05) is 50.2 Å². The zero-order valence-corrected chi connectivity index (χ0v) is 12.7. The van der Waals surface area contributed by atoms with Gasteiger partial charge >= 0.3 is 0 Å². The minimum absolute atomic E-state index is 0.390. The molecule has 0 unspecified atom stereocenters. The molecule has 0 amide bonds. The van der Waals surface area contributed by atoms with Gasteiger partial charge in [0.05, 0.1) is 0 Å². The summed E-state index contributed by atoms with van der Waals surface area (Å²) in [5.74, 6) is 0.841. The van der Waals surface area contributed by atoms with E-state index >= 15 is 0 Å². The first-order valence-corrected chi connectivity index (χ1v) is 7.09. The number of ether oxygens (including phenoxy) is 1. The van der Waals surface area contributed by atoms with Crippen molar-refractivity contribution >= 4 is 11.6 Å². The van der Waals surface area contributed by atoms with Crippen molar-refractivity contribution in [1.29, 1.82) is 0 Å². The molecule has 0 heterocycles. The highest BCUT2D eigenvalue weighted by Crippen LogP contribution is 2.28. The average molecular weight is 290 g/mol. The largest absolute Gasteiger partial charge is 0.486 e. The summed E-state index contributed by atoms with van der Waals surface area (Å²) >= 11 is 6.11. The molecular formula is C17H20ClNO. The summed E-state index contributed by atoms with van der Waals surface area (Å²) in [6, 6.07) is 16.0. The Balaban J connectivity index is 2.29. The maximum absolute atomic E-state index is 6.11. The third-order valence-electron chi connectivity index (χ3n) is 3.14. The monoisotopic (exact) mass is 289 g/mol. The smallest absolute Gasteiger partial charge is 0.123 e. The maximum atomic E-state index is 6.11. The highest BCUT2D eigenvalue weighted by Gasteiger charge is 2.19. The number of rotatable bonds is 5. The standard InChI is InChI=1S/C17H20ClNO/c1-17(2,12-19)20-16-9-8-15(18)11-14(16)10-13-6-4-3-5-7-13/h3-9,11H,10,12,19H2,1-2H3. The summed E-state index contributed by atoms with van der Waals surface area (Å²) in [7, 11) is 0. The molecule has 0 saturated carbocycles. The number of nitrogens with two attached hydrogens (primary N) is 1. The average Bonchev–Trinajstić information content (AvgIpc) is 2.43. The van der Waals surface area contributed by atoms with Crippen LogP contribution in [0.5, 0.6) is 5.75 Å². The zero-order chi connectivity index (χ0) is 14.6. The summed E-state index contributed by atoms with van der Waals surface area (Å²) in [6.45, 7) is 4.42. The Bertz CT molecular complexity index is 566. The predicted molar refractivity (Wildman–Crippen MR) is 84.5 cm³/mol. The third kappa shape index (κ3) is 3.99. The lowest BCUT2D eigenvalue weighted by Crippen LogP contribution is -2.37. The fourth-order valence-electron chi connectivity index (χ4n) is 1.94. The molecule has 2 aromatic rings. The summed E-state index contributed by atoms with van der Waals surface area (Å²) < 4.78 is 6.03. The van der Waals surface area contributed by atoms with Crippen molar-refractivity contribution in [3.63, 3.8) is 0 Å². The summed E-state index contributed by atoms with van der Waals surface area (Å²) in [5, 5.41) is 0.717. The fourth-order valence-corrected chi connectivity index (χ4v) is 2.14. The van der Waals surface area contributed by atoms with E-state index in [0.29, 0.717) is 11.6 Å². The molecule has 3 heteroatoms. The molecule has 0 atom stereocenters. The van der Waals surface area contributed by atoms with E-state index in [1.54, 1.807) is 0 Å². The molecule has 0 saturated heterocycles. The molecule has 20 heavy (non-hydrogen) atoms. The van der Waals surface area contributed by atoms with Crippen LogP contribution in [-0.4, -0.2) is 12.1 Å². The van der Waals surface area contributed by atoms with E-state index in [4.69, 9.17) is 22.1 Å². The topological polar surface area (TPSA) is 35.2 Å². The number of halogens is 1. The Hall–Kier alpha value is -1.51. The Morgan fingerprint density at radius 3 is 2.45 bits per heavy atom. The van der Waals surface area contributed by atoms with Crippen LogP contribution in [0, 0.1) is 0 Å². The van der Waals surface area contributed by atoms with Crippen LogP contribution in [-0.2, 0) is 6.42 Å². The van der Waals surface area contributed by atoms with Gasteiger partial charge in [-0.3, -0.25) is 0 Å². The van der Waals surface area contributed by atoms with Gasteiger partial charge in [-0.1, -0.05) is 41.9 Å². The molecule has 0 radical (unpaired) electrons. The Labute approximate surface area is 125 Å². The highest BCUT2D eigenvalue weighted by molar-refractivity contribution is 6.30. The van der Waals surface area contributed by atoms with E-state index in [2.05, 4.69) is 12.1 Å². The third-order valence-corrected chi connectivity index (χ3v) is 3.37. The van der Waals surface area contributed by atoms with Crippen molar-refractivity contribution in [3.05, 3.63) is 64.7 Å². The summed E-state index contributed by atoms with van der Waals surface area (Å²) in [6.07, 6.45) is 0.789.